The van der Waals surface area contributed by atoms with Gasteiger partial charge >= 0.3 is 0 Å². The van der Waals surface area contributed by atoms with Crippen LogP contribution in [-0.4, -0.2) is 20.9 Å². The fourth-order valence-electron chi connectivity index (χ4n) is 1.95. The Labute approximate surface area is 161 Å². The summed E-state index contributed by atoms with van der Waals surface area (Å²) in [4.78, 5) is 12.4. The van der Waals surface area contributed by atoms with E-state index >= 15 is 0 Å². The molecule has 3 rings (SSSR count). The molecule has 0 aliphatic heterocycles. The molecule has 0 bridgehead atoms. The van der Waals surface area contributed by atoms with E-state index in [1.54, 1.807) is 23.1 Å². The zero-order chi connectivity index (χ0) is 17.8. The predicted octanol–water partition coefficient (Wildman–Crippen LogP) is 4.72. The van der Waals surface area contributed by atoms with Crippen molar-refractivity contribution in [3.63, 3.8) is 0 Å². The number of carbonyl (C=O) groups excluding carboxylic acids is 1. The summed E-state index contributed by atoms with van der Waals surface area (Å²) in [6.07, 6.45) is 0. The predicted molar refractivity (Wildman–Crippen MR) is 105 cm³/mol. The van der Waals surface area contributed by atoms with Gasteiger partial charge in [0.2, 0.25) is 5.91 Å². The van der Waals surface area contributed by atoms with E-state index in [-0.39, 0.29) is 11.2 Å². The largest absolute Gasteiger partial charge is 0.316 e. The van der Waals surface area contributed by atoms with Gasteiger partial charge in [-0.05, 0) is 42.7 Å². The molecular formula is C16H12N4OS4. The molecule has 1 amide bonds. The Morgan fingerprint density at radius 3 is 2.88 bits per heavy atom. The molecule has 1 atom stereocenters. The van der Waals surface area contributed by atoms with Crippen molar-refractivity contribution >= 4 is 57.6 Å². The van der Waals surface area contributed by atoms with Crippen molar-refractivity contribution in [3.8, 4) is 11.8 Å². The van der Waals surface area contributed by atoms with Crippen molar-refractivity contribution in [3.05, 3.63) is 51.3 Å². The van der Waals surface area contributed by atoms with Crippen LogP contribution < -0.4 is 5.32 Å². The monoisotopic (exact) mass is 404 g/mol. The lowest BCUT2D eigenvalue weighted by molar-refractivity contribution is -0.115. The highest BCUT2D eigenvalue weighted by Gasteiger charge is 2.19. The molecule has 0 spiro atoms. The number of hydrogen-bond donors (Lipinski definition) is 1. The topological polar surface area (TPSA) is 70.7 Å². The number of amides is 1. The maximum Gasteiger partial charge on any atom is 0.238 e. The Balaban J connectivity index is 1.71. The van der Waals surface area contributed by atoms with E-state index in [0.29, 0.717) is 14.5 Å². The Morgan fingerprint density at radius 1 is 1.40 bits per heavy atom. The van der Waals surface area contributed by atoms with E-state index in [4.69, 9.17) is 17.5 Å². The minimum absolute atomic E-state index is 0.170. The summed E-state index contributed by atoms with van der Waals surface area (Å²) < 4.78 is 3.05. The van der Waals surface area contributed by atoms with Gasteiger partial charge in [-0.25, -0.2) is 4.68 Å². The van der Waals surface area contributed by atoms with Gasteiger partial charge in [-0.2, -0.15) is 5.26 Å². The van der Waals surface area contributed by atoms with E-state index < -0.39 is 0 Å². The number of thiophene rings is 1. The van der Waals surface area contributed by atoms with Crippen LogP contribution >= 0.6 is 46.7 Å². The minimum Gasteiger partial charge on any atom is -0.316 e. The average molecular weight is 405 g/mol. The van der Waals surface area contributed by atoms with E-state index in [9.17, 15) is 4.79 Å². The number of thioether (sulfide) groups is 1. The third-order valence-corrected chi connectivity index (χ3v) is 6.45. The summed E-state index contributed by atoms with van der Waals surface area (Å²) in [5, 5.41) is 18.3. The Morgan fingerprint density at radius 2 is 2.16 bits per heavy atom. The van der Waals surface area contributed by atoms with Gasteiger partial charge < -0.3 is 5.32 Å². The Bertz CT molecular complexity index is 983. The van der Waals surface area contributed by atoms with Crippen molar-refractivity contribution < 1.29 is 4.79 Å². The molecule has 0 aliphatic carbocycles. The highest BCUT2D eigenvalue weighted by Crippen LogP contribution is 2.29. The van der Waals surface area contributed by atoms with Crippen LogP contribution in [0.25, 0.3) is 5.69 Å². The van der Waals surface area contributed by atoms with Crippen molar-refractivity contribution in [1.82, 2.24) is 9.78 Å². The summed E-state index contributed by atoms with van der Waals surface area (Å²) in [7, 11) is 0. The van der Waals surface area contributed by atoms with Crippen LogP contribution in [0.5, 0.6) is 0 Å². The van der Waals surface area contributed by atoms with Crippen LogP contribution in [0.1, 0.15) is 12.5 Å². The minimum atomic E-state index is -0.363. The highest BCUT2D eigenvalue weighted by molar-refractivity contribution is 8.02. The zero-order valence-electron chi connectivity index (χ0n) is 13.0. The smallest absolute Gasteiger partial charge is 0.238 e. The first-order valence-corrected chi connectivity index (χ1v) is 10.2. The Kier molecular flexibility index (Phi) is 5.65. The van der Waals surface area contributed by atoms with E-state index in [1.165, 1.54) is 34.4 Å². The number of nitriles is 1. The SMILES string of the molecule is C[C@@H](Sc1nn(-c2ccccc2)c(=S)s1)C(=O)Nc1sccc1C#N. The standard InChI is InChI=1S/C16H12N4OS4/c1-10(13(21)18-14-11(9-17)7-8-23-14)24-15-19-20(16(22)25-15)12-5-3-2-4-6-12/h2-8,10H,1H3,(H,18,21)/t10-/m1/s1. The van der Waals surface area contributed by atoms with Gasteiger partial charge in [0, 0.05) is 0 Å². The maximum atomic E-state index is 12.4. The lowest BCUT2D eigenvalue weighted by Crippen LogP contribution is -2.22. The number of hydrogen-bond acceptors (Lipinski definition) is 7. The first-order chi connectivity index (χ1) is 12.1. The Hall–Kier alpha value is -1.99. The molecule has 126 valence electrons. The fraction of sp³-hybridized carbons (Fsp3) is 0.125. The molecule has 2 heterocycles. The number of nitrogens with zero attached hydrogens (tertiary/aromatic N) is 3. The fourth-order valence-corrected chi connectivity index (χ4v) is 5.20. The van der Waals surface area contributed by atoms with Crippen LogP contribution in [0.2, 0.25) is 0 Å². The van der Waals surface area contributed by atoms with Gasteiger partial charge in [-0.3, -0.25) is 4.79 Å². The van der Waals surface area contributed by atoms with Crippen LogP contribution in [0.4, 0.5) is 5.00 Å². The third-order valence-electron chi connectivity index (χ3n) is 3.20. The zero-order valence-corrected chi connectivity index (χ0v) is 16.3. The third kappa shape index (κ3) is 4.16. The van der Waals surface area contributed by atoms with Crippen LogP contribution in [0, 0.1) is 15.3 Å². The molecular weight excluding hydrogens is 392 g/mol. The average Bonchev–Trinajstić information content (AvgIpc) is 3.21. The van der Waals surface area contributed by atoms with Crippen LogP contribution in [0.15, 0.2) is 46.1 Å². The van der Waals surface area contributed by atoms with Crippen molar-refractivity contribution in [1.29, 1.82) is 5.26 Å². The number of para-hydroxylation sites is 1. The molecule has 1 N–H and O–H groups in total. The van der Waals surface area contributed by atoms with Gasteiger partial charge in [0.15, 0.2) is 8.29 Å². The number of nitrogens with one attached hydrogen (secondary N) is 1. The van der Waals surface area contributed by atoms with Crippen LogP contribution in [-0.2, 0) is 4.79 Å². The highest BCUT2D eigenvalue weighted by atomic mass is 32.2. The van der Waals surface area contributed by atoms with Crippen molar-refractivity contribution in [2.45, 2.75) is 16.5 Å². The number of aromatic nitrogens is 2. The molecule has 2 aromatic heterocycles. The van der Waals surface area contributed by atoms with Gasteiger partial charge in [0.25, 0.3) is 0 Å². The van der Waals surface area contributed by atoms with Gasteiger partial charge in [0.1, 0.15) is 11.1 Å². The molecule has 0 unspecified atom stereocenters. The second-order valence-electron chi connectivity index (χ2n) is 4.91. The van der Waals surface area contributed by atoms with Gasteiger partial charge in [-0.15, -0.1) is 16.4 Å². The van der Waals surface area contributed by atoms with E-state index in [2.05, 4.69) is 16.5 Å². The van der Waals surface area contributed by atoms with Gasteiger partial charge in [0.05, 0.1) is 16.5 Å². The summed E-state index contributed by atoms with van der Waals surface area (Å²) >= 11 is 9.42. The first kappa shape index (κ1) is 17.8. The molecule has 3 aromatic rings. The number of benzene rings is 1. The summed E-state index contributed by atoms with van der Waals surface area (Å²) in [6.45, 7) is 1.80. The second kappa shape index (κ2) is 7.93. The number of anilines is 1. The molecule has 0 fully saturated rings. The quantitative estimate of drug-likeness (QED) is 0.492. The molecule has 5 nitrogen and oxygen atoms in total. The normalized spacial score (nSPS) is 11.7. The van der Waals surface area contributed by atoms with Crippen molar-refractivity contribution in [2.75, 3.05) is 5.32 Å². The number of rotatable bonds is 5. The summed E-state index contributed by atoms with van der Waals surface area (Å²) in [5.41, 5.74) is 1.37. The van der Waals surface area contributed by atoms with E-state index in [1.807, 2.05) is 30.3 Å². The second-order valence-corrected chi connectivity index (χ2v) is 9.03. The summed E-state index contributed by atoms with van der Waals surface area (Å²) in [6, 6.07) is 13.4. The molecule has 0 saturated heterocycles. The molecule has 25 heavy (non-hydrogen) atoms. The summed E-state index contributed by atoms with van der Waals surface area (Å²) in [5.74, 6) is -0.170. The molecule has 9 heteroatoms. The maximum absolute atomic E-state index is 12.4. The lowest BCUT2D eigenvalue weighted by Gasteiger charge is -2.09. The molecule has 0 aliphatic rings. The first-order valence-electron chi connectivity index (χ1n) is 7.19. The number of carbonyl (C=O) groups is 1. The van der Waals surface area contributed by atoms with Gasteiger partial charge in [-0.1, -0.05) is 41.3 Å². The van der Waals surface area contributed by atoms with E-state index in [0.717, 1.165) is 10.0 Å². The van der Waals surface area contributed by atoms with Crippen LogP contribution in [0.3, 0.4) is 0 Å². The molecule has 1 aromatic carbocycles. The molecule has 0 saturated carbocycles. The molecule has 0 radical (unpaired) electrons. The lowest BCUT2D eigenvalue weighted by atomic mass is 10.3. The van der Waals surface area contributed by atoms with Crippen molar-refractivity contribution in [2.24, 2.45) is 0 Å².